The standard InChI is InChI=1S/C18H36N4O6/c1-15-11-19-3-5-25-7-8-26-6-4-20-12-16(2)22-18(24)14-28-10-9-27-13-17(23)21-15/h15-16,19-20H,3-14H2,1-2H3,(H,21,23)(H,22,24)/t15-,16-/m0/s1. The van der Waals surface area contributed by atoms with E-state index in [-0.39, 0.29) is 50.3 Å². The Morgan fingerprint density at radius 1 is 0.643 bits per heavy atom. The first-order valence-electron chi connectivity index (χ1n) is 9.89. The molecule has 4 N–H and O–H groups in total. The molecule has 1 fully saturated rings. The smallest absolute Gasteiger partial charge is 0.246 e. The number of hydrogen-bond acceptors (Lipinski definition) is 8. The topological polar surface area (TPSA) is 119 Å². The van der Waals surface area contributed by atoms with Crippen LogP contribution in [-0.2, 0) is 28.5 Å². The summed E-state index contributed by atoms with van der Waals surface area (Å²) in [6.45, 7) is 9.22. The van der Waals surface area contributed by atoms with E-state index in [4.69, 9.17) is 18.9 Å². The summed E-state index contributed by atoms with van der Waals surface area (Å²) in [6.07, 6.45) is 0. The molecule has 0 spiro atoms. The van der Waals surface area contributed by atoms with Gasteiger partial charge in [0.1, 0.15) is 13.2 Å². The maximum Gasteiger partial charge on any atom is 0.246 e. The average molecular weight is 405 g/mol. The highest BCUT2D eigenvalue weighted by Crippen LogP contribution is 1.86. The van der Waals surface area contributed by atoms with Gasteiger partial charge in [-0.05, 0) is 13.8 Å². The van der Waals surface area contributed by atoms with Crippen molar-refractivity contribution in [1.82, 2.24) is 21.3 Å². The Morgan fingerprint density at radius 2 is 1.04 bits per heavy atom. The van der Waals surface area contributed by atoms with E-state index in [1.165, 1.54) is 0 Å². The van der Waals surface area contributed by atoms with Gasteiger partial charge in [0.05, 0.1) is 39.6 Å². The summed E-state index contributed by atoms with van der Waals surface area (Å²) in [5.74, 6) is -0.368. The fraction of sp³-hybridized carbons (Fsp3) is 0.889. The highest BCUT2D eigenvalue weighted by Gasteiger charge is 2.09. The molecule has 0 aliphatic carbocycles. The van der Waals surface area contributed by atoms with Crippen LogP contribution in [0, 0.1) is 0 Å². The molecule has 10 heteroatoms. The first-order chi connectivity index (χ1) is 13.6. The molecule has 0 aromatic carbocycles. The quantitative estimate of drug-likeness (QED) is 0.376. The summed E-state index contributed by atoms with van der Waals surface area (Å²) >= 11 is 0. The van der Waals surface area contributed by atoms with Gasteiger partial charge >= 0.3 is 0 Å². The molecule has 164 valence electrons. The Kier molecular flexibility index (Phi) is 14.7. The fourth-order valence-corrected chi connectivity index (χ4v) is 2.43. The van der Waals surface area contributed by atoms with Crippen molar-refractivity contribution < 1.29 is 28.5 Å². The molecule has 0 aromatic heterocycles. The molecule has 2 atom stereocenters. The average Bonchev–Trinajstić information content (AvgIpc) is 2.64. The number of amides is 2. The predicted molar refractivity (Wildman–Crippen MR) is 104 cm³/mol. The Balaban J connectivity index is 2.28. The number of carbonyl (C=O) groups is 2. The van der Waals surface area contributed by atoms with Crippen LogP contribution in [0.3, 0.4) is 0 Å². The molecule has 1 saturated heterocycles. The Hall–Kier alpha value is -1.30. The molecule has 1 aliphatic rings. The van der Waals surface area contributed by atoms with E-state index >= 15 is 0 Å². The molecule has 0 aromatic rings. The molecule has 1 rings (SSSR count). The van der Waals surface area contributed by atoms with Crippen LogP contribution >= 0.6 is 0 Å². The van der Waals surface area contributed by atoms with Crippen molar-refractivity contribution in [3.8, 4) is 0 Å². The fourth-order valence-electron chi connectivity index (χ4n) is 2.43. The lowest BCUT2D eigenvalue weighted by Gasteiger charge is -2.16. The van der Waals surface area contributed by atoms with Gasteiger partial charge < -0.3 is 40.2 Å². The largest absolute Gasteiger partial charge is 0.378 e. The number of hydrogen-bond donors (Lipinski definition) is 4. The third kappa shape index (κ3) is 14.7. The van der Waals surface area contributed by atoms with Gasteiger partial charge in [-0.3, -0.25) is 9.59 Å². The molecule has 1 aliphatic heterocycles. The van der Waals surface area contributed by atoms with Crippen LogP contribution in [0.1, 0.15) is 13.8 Å². The molecule has 0 unspecified atom stereocenters. The predicted octanol–water partition coefficient (Wildman–Crippen LogP) is -1.74. The summed E-state index contributed by atoms with van der Waals surface area (Å²) in [7, 11) is 0. The normalized spacial score (nSPS) is 27.2. The van der Waals surface area contributed by atoms with Crippen LogP contribution < -0.4 is 21.3 Å². The van der Waals surface area contributed by atoms with Gasteiger partial charge in [-0.25, -0.2) is 0 Å². The van der Waals surface area contributed by atoms with Crippen molar-refractivity contribution in [2.24, 2.45) is 0 Å². The molecule has 2 amide bonds. The first-order valence-corrected chi connectivity index (χ1v) is 9.89. The lowest BCUT2D eigenvalue weighted by molar-refractivity contribution is -0.129. The van der Waals surface area contributed by atoms with Gasteiger partial charge in [0.25, 0.3) is 0 Å². The van der Waals surface area contributed by atoms with Crippen LogP contribution in [0.2, 0.25) is 0 Å². The molecule has 10 nitrogen and oxygen atoms in total. The van der Waals surface area contributed by atoms with Crippen LogP contribution in [-0.4, -0.2) is 103 Å². The molecule has 0 saturated carbocycles. The summed E-state index contributed by atoms with van der Waals surface area (Å²) in [6, 6.07) is -0.0289. The molecular weight excluding hydrogens is 368 g/mol. The number of carbonyl (C=O) groups excluding carboxylic acids is 2. The second-order valence-corrected chi connectivity index (χ2v) is 6.68. The summed E-state index contributed by atoms with van der Waals surface area (Å²) in [5, 5.41) is 12.1. The minimum Gasteiger partial charge on any atom is -0.378 e. The zero-order valence-electron chi connectivity index (χ0n) is 17.1. The van der Waals surface area contributed by atoms with Crippen molar-refractivity contribution >= 4 is 11.8 Å². The highest BCUT2D eigenvalue weighted by molar-refractivity contribution is 5.77. The van der Waals surface area contributed by atoms with Crippen LogP contribution in [0.25, 0.3) is 0 Å². The van der Waals surface area contributed by atoms with Gasteiger partial charge in [-0.2, -0.15) is 0 Å². The monoisotopic (exact) mass is 404 g/mol. The zero-order valence-corrected chi connectivity index (χ0v) is 17.1. The SMILES string of the molecule is C[C@H]1CNCCOCCOCCNC[C@H](C)NC(=O)COCCOCC(=O)N1. The van der Waals surface area contributed by atoms with E-state index < -0.39 is 0 Å². The van der Waals surface area contributed by atoms with Gasteiger partial charge in [0, 0.05) is 38.3 Å². The van der Waals surface area contributed by atoms with Crippen molar-refractivity contribution in [2.75, 3.05) is 79.0 Å². The number of ether oxygens (including phenoxy) is 4. The van der Waals surface area contributed by atoms with Crippen LogP contribution in [0.15, 0.2) is 0 Å². The van der Waals surface area contributed by atoms with E-state index in [2.05, 4.69) is 21.3 Å². The van der Waals surface area contributed by atoms with E-state index in [0.717, 1.165) is 0 Å². The Morgan fingerprint density at radius 3 is 1.46 bits per heavy atom. The Bertz CT molecular complexity index is 389. The number of nitrogens with one attached hydrogen (secondary N) is 4. The van der Waals surface area contributed by atoms with Crippen LogP contribution in [0.4, 0.5) is 0 Å². The molecule has 0 bridgehead atoms. The lowest BCUT2D eigenvalue weighted by Crippen LogP contribution is -2.42. The van der Waals surface area contributed by atoms with E-state index in [1.54, 1.807) is 0 Å². The Labute approximate surface area is 167 Å². The highest BCUT2D eigenvalue weighted by atomic mass is 16.5. The second kappa shape index (κ2) is 16.6. The molecular formula is C18H36N4O6. The third-order valence-electron chi connectivity index (χ3n) is 3.77. The third-order valence-corrected chi connectivity index (χ3v) is 3.77. The minimum atomic E-state index is -0.184. The maximum absolute atomic E-state index is 11.8. The molecule has 28 heavy (non-hydrogen) atoms. The van der Waals surface area contributed by atoms with Crippen molar-refractivity contribution in [3.05, 3.63) is 0 Å². The van der Waals surface area contributed by atoms with Gasteiger partial charge in [-0.15, -0.1) is 0 Å². The van der Waals surface area contributed by atoms with Gasteiger partial charge in [0.2, 0.25) is 11.8 Å². The van der Waals surface area contributed by atoms with E-state index in [0.29, 0.717) is 52.6 Å². The molecule has 1 heterocycles. The zero-order chi connectivity index (χ0) is 20.5. The van der Waals surface area contributed by atoms with Crippen molar-refractivity contribution in [3.63, 3.8) is 0 Å². The maximum atomic E-state index is 11.8. The first kappa shape index (κ1) is 24.7. The van der Waals surface area contributed by atoms with E-state index in [1.807, 2.05) is 13.8 Å². The molecule has 0 radical (unpaired) electrons. The summed E-state index contributed by atoms with van der Waals surface area (Å²) < 4.78 is 21.5. The van der Waals surface area contributed by atoms with Crippen molar-refractivity contribution in [1.29, 1.82) is 0 Å². The summed E-state index contributed by atoms with van der Waals surface area (Å²) in [5.41, 5.74) is 0. The minimum absolute atomic E-state index is 0.0144. The van der Waals surface area contributed by atoms with Gasteiger partial charge in [-0.1, -0.05) is 0 Å². The van der Waals surface area contributed by atoms with Crippen LogP contribution in [0.5, 0.6) is 0 Å². The van der Waals surface area contributed by atoms with E-state index in [9.17, 15) is 9.59 Å². The number of rotatable bonds is 0. The lowest BCUT2D eigenvalue weighted by atomic mass is 10.3. The van der Waals surface area contributed by atoms with Crippen molar-refractivity contribution in [2.45, 2.75) is 25.9 Å². The summed E-state index contributed by atoms with van der Waals surface area (Å²) in [4.78, 5) is 23.6. The second-order valence-electron chi connectivity index (χ2n) is 6.68. The van der Waals surface area contributed by atoms with Gasteiger partial charge in [0.15, 0.2) is 0 Å².